The third kappa shape index (κ3) is 1.05. The summed E-state index contributed by atoms with van der Waals surface area (Å²) in [4.78, 5) is 11.8. The first-order chi connectivity index (χ1) is 4.25. The van der Waals surface area contributed by atoms with Crippen molar-refractivity contribution in [1.82, 2.24) is 4.90 Å². The number of aliphatic hydroxyl groups excluding tert-OH is 1. The maximum absolute atomic E-state index is 10.2. The van der Waals surface area contributed by atoms with Crippen LogP contribution in [0.4, 0.5) is 0 Å². The summed E-state index contributed by atoms with van der Waals surface area (Å²) < 4.78 is 0. The fourth-order valence-electron chi connectivity index (χ4n) is 1.10. The largest absolute Gasteiger partial charge is 0.391 e. The van der Waals surface area contributed by atoms with Gasteiger partial charge in [0.2, 0.25) is 6.41 Å². The minimum Gasteiger partial charge on any atom is -0.391 e. The summed E-state index contributed by atoms with van der Waals surface area (Å²) in [6.45, 7) is 2.55. The van der Waals surface area contributed by atoms with Gasteiger partial charge in [0.1, 0.15) is 0 Å². The molecule has 0 spiro atoms. The van der Waals surface area contributed by atoms with Gasteiger partial charge in [0, 0.05) is 6.54 Å². The Bertz CT molecular complexity index is 116. The number of carbonyl (C=O) groups is 1. The van der Waals surface area contributed by atoms with Crippen LogP contribution in [0.25, 0.3) is 0 Å². The SMILES string of the molecule is C[C@@H]1C(O)CCN1C=O. The zero-order chi connectivity index (χ0) is 6.85. The quantitative estimate of drug-likeness (QED) is 0.489. The number of aliphatic hydroxyl groups is 1. The Balaban J connectivity index is 2.50. The second kappa shape index (κ2) is 2.35. The number of likely N-dealkylation sites (tertiary alicyclic amines) is 1. The molecular formula is C6H11NO2. The Hall–Kier alpha value is -0.570. The van der Waals surface area contributed by atoms with E-state index in [1.807, 2.05) is 6.92 Å². The molecule has 1 fully saturated rings. The Kier molecular flexibility index (Phi) is 1.71. The van der Waals surface area contributed by atoms with E-state index in [0.29, 0.717) is 6.54 Å². The molecule has 0 bridgehead atoms. The van der Waals surface area contributed by atoms with Gasteiger partial charge >= 0.3 is 0 Å². The van der Waals surface area contributed by atoms with E-state index in [4.69, 9.17) is 5.11 Å². The van der Waals surface area contributed by atoms with Crippen LogP contribution in [0.15, 0.2) is 0 Å². The topological polar surface area (TPSA) is 40.5 Å². The standard InChI is InChI=1S/C6H11NO2/c1-5-6(9)2-3-7(5)4-8/h4-6,9H,2-3H2,1H3/t5-,6?/m1/s1. The predicted molar refractivity (Wildman–Crippen MR) is 32.9 cm³/mol. The third-order valence-electron chi connectivity index (χ3n) is 1.90. The van der Waals surface area contributed by atoms with Crippen LogP contribution < -0.4 is 0 Å². The Morgan fingerprint density at radius 3 is 2.67 bits per heavy atom. The zero-order valence-corrected chi connectivity index (χ0v) is 5.45. The molecule has 1 amide bonds. The molecule has 2 atom stereocenters. The lowest BCUT2D eigenvalue weighted by Gasteiger charge is -2.16. The first kappa shape index (κ1) is 6.55. The molecule has 0 radical (unpaired) electrons. The number of hydrogen-bond donors (Lipinski definition) is 1. The minimum atomic E-state index is -0.310. The molecule has 1 heterocycles. The Morgan fingerprint density at radius 1 is 1.78 bits per heavy atom. The molecule has 3 nitrogen and oxygen atoms in total. The third-order valence-corrected chi connectivity index (χ3v) is 1.90. The number of carbonyl (C=O) groups excluding carboxylic acids is 1. The van der Waals surface area contributed by atoms with E-state index in [9.17, 15) is 4.79 Å². The Labute approximate surface area is 54.3 Å². The summed E-state index contributed by atoms with van der Waals surface area (Å²) in [5.41, 5.74) is 0. The van der Waals surface area contributed by atoms with Crippen molar-refractivity contribution < 1.29 is 9.90 Å². The van der Waals surface area contributed by atoms with E-state index in [1.54, 1.807) is 4.90 Å². The maximum atomic E-state index is 10.2. The molecule has 0 aromatic rings. The van der Waals surface area contributed by atoms with Gasteiger partial charge in [-0.15, -0.1) is 0 Å². The van der Waals surface area contributed by atoms with Gasteiger partial charge in [0.15, 0.2) is 0 Å². The van der Waals surface area contributed by atoms with E-state index in [0.717, 1.165) is 12.8 Å². The van der Waals surface area contributed by atoms with Crippen molar-refractivity contribution in [2.24, 2.45) is 0 Å². The van der Waals surface area contributed by atoms with E-state index in [-0.39, 0.29) is 12.1 Å². The summed E-state index contributed by atoms with van der Waals surface area (Å²) >= 11 is 0. The molecular weight excluding hydrogens is 118 g/mol. The highest BCUT2D eigenvalue weighted by atomic mass is 16.3. The van der Waals surface area contributed by atoms with Gasteiger partial charge in [-0.3, -0.25) is 4.79 Å². The van der Waals surface area contributed by atoms with Crippen LogP contribution in [0, 0.1) is 0 Å². The van der Waals surface area contributed by atoms with Gasteiger partial charge in [-0.05, 0) is 13.3 Å². The summed E-state index contributed by atoms with van der Waals surface area (Å²) in [6.07, 6.45) is 1.20. The van der Waals surface area contributed by atoms with E-state index in [2.05, 4.69) is 0 Å². The van der Waals surface area contributed by atoms with Gasteiger partial charge in [-0.1, -0.05) is 0 Å². The molecule has 1 saturated heterocycles. The van der Waals surface area contributed by atoms with Gasteiger partial charge in [-0.2, -0.15) is 0 Å². The summed E-state index contributed by atoms with van der Waals surface area (Å²) in [7, 11) is 0. The highest BCUT2D eigenvalue weighted by Crippen LogP contribution is 2.14. The van der Waals surface area contributed by atoms with Crippen molar-refractivity contribution in [3.63, 3.8) is 0 Å². The molecule has 52 valence electrons. The smallest absolute Gasteiger partial charge is 0.210 e. The monoisotopic (exact) mass is 129 g/mol. The van der Waals surface area contributed by atoms with Crippen LogP contribution in [-0.2, 0) is 4.79 Å². The fraction of sp³-hybridized carbons (Fsp3) is 0.833. The predicted octanol–water partition coefficient (Wildman–Crippen LogP) is -0.402. The maximum Gasteiger partial charge on any atom is 0.210 e. The number of nitrogens with zero attached hydrogens (tertiary/aromatic N) is 1. The lowest BCUT2D eigenvalue weighted by atomic mass is 10.2. The fourth-order valence-corrected chi connectivity index (χ4v) is 1.10. The van der Waals surface area contributed by atoms with E-state index < -0.39 is 0 Å². The van der Waals surface area contributed by atoms with Crippen molar-refractivity contribution in [2.75, 3.05) is 6.54 Å². The molecule has 3 heteroatoms. The van der Waals surface area contributed by atoms with Gasteiger partial charge < -0.3 is 10.0 Å². The zero-order valence-electron chi connectivity index (χ0n) is 5.45. The number of amides is 1. The summed E-state index contributed by atoms with van der Waals surface area (Å²) in [5, 5.41) is 9.10. The van der Waals surface area contributed by atoms with Crippen LogP contribution >= 0.6 is 0 Å². The molecule has 9 heavy (non-hydrogen) atoms. The molecule has 0 saturated carbocycles. The first-order valence-electron chi connectivity index (χ1n) is 3.15. The summed E-state index contributed by atoms with van der Waals surface area (Å²) in [5.74, 6) is 0. The van der Waals surface area contributed by atoms with Gasteiger partial charge in [-0.25, -0.2) is 0 Å². The average Bonchev–Trinajstić information content (AvgIpc) is 2.15. The molecule has 1 aliphatic rings. The van der Waals surface area contributed by atoms with Gasteiger partial charge in [0.05, 0.1) is 12.1 Å². The lowest BCUT2D eigenvalue weighted by Crippen LogP contribution is -2.30. The van der Waals surface area contributed by atoms with Crippen molar-refractivity contribution in [3.8, 4) is 0 Å². The summed E-state index contributed by atoms with van der Waals surface area (Å²) in [6, 6.07) is 0.0162. The van der Waals surface area contributed by atoms with Crippen LogP contribution in [0.2, 0.25) is 0 Å². The van der Waals surface area contributed by atoms with Crippen LogP contribution in [0.1, 0.15) is 13.3 Å². The van der Waals surface area contributed by atoms with Gasteiger partial charge in [0.25, 0.3) is 0 Å². The van der Waals surface area contributed by atoms with E-state index >= 15 is 0 Å². The molecule has 0 aromatic heterocycles. The van der Waals surface area contributed by atoms with Crippen molar-refractivity contribution in [2.45, 2.75) is 25.5 Å². The minimum absolute atomic E-state index is 0.0162. The first-order valence-corrected chi connectivity index (χ1v) is 3.15. The highest BCUT2D eigenvalue weighted by Gasteiger charge is 2.27. The highest BCUT2D eigenvalue weighted by molar-refractivity contribution is 5.48. The second-order valence-corrected chi connectivity index (χ2v) is 2.44. The second-order valence-electron chi connectivity index (χ2n) is 2.44. The molecule has 1 rings (SSSR count). The number of hydrogen-bond acceptors (Lipinski definition) is 2. The molecule has 1 aliphatic heterocycles. The number of rotatable bonds is 1. The molecule has 0 aromatic carbocycles. The average molecular weight is 129 g/mol. The normalized spacial score (nSPS) is 35.1. The molecule has 1 unspecified atom stereocenters. The van der Waals surface area contributed by atoms with Crippen LogP contribution in [0.3, 0.4) is 0 Å². The lowest BCUT2D eigenvalue weighted by molar-refractivity contribution is -0.119. The van der Waals surface area contributed by atoms with Crippen LogP contribution in [-0.4, -0.2) is 35.1 Å². The van der Waals surface area contributed by atoms with E-state index in [1.165, 1.54) is 0 Å². The van der Waals surface area contributed by atoms with Crippen molar-refractivity contribution in [1.29, 1.82) is 0 Å². The molecule has 0 aliphatic carbocycles. The van der Waals surface area contributed by atoms with Crippen molar-refractivity contribution >= 4 is 6.41 Å². The van der Waals surface area contributed by atoms with Crippen LogP contribution in [0.5, 0.6) is 0 Å². The molecule has 1 N–H and O–H groups in total. The Morgan fingerprint density at radius 2 is 2.44 bits per heavy atom. The van der Waals surface area contributed by atoms with Crippen molar-refractivity contribution in [3.05, 3.63) is 0 Å².